The summed E-state index contributed by atoms with van der Waals surface area (Å²) in [5, 5.41) is 0. The zero-order chi connectivity index (χ0) is 11.4. The maximum atomic E-state index is 5.71. The molecule has 2 heteroatoms. The highest BCUT2D eigenvalue weighted by molar-refractivity contribution is 7.12. The molecular formula is C14H16OS. The summed E-state index contributed by atoms with van der Waals surface area (Å²) in [6.07, 6.45) is 0. The lowest BCUT2D eigenvalue weighted by Gasteiger charge is -2.03. The van der Waals surface area contributed by atoms with Crippen LogP contribution in [0.1, 0.15) is 20.9 Å². The van der Waals surface area contributed by atoms with Gasteiger partial charge in [-0.2, -0.15) is 0 Å². The van der Waals surface area contributed by atoms with Crippen LogP contribution in [0.3, 0.4) is 0 Å². The van der Waals surface area contributed by atoms with Gasteiger partial charge >= 0.3 is 0 Å². The average molecular weight is 232 g/mol. The SMILES string of the molecule is Cc1cc(COCc2ccccc2)c(C)s1. The van der Waals surface area contributed by atoms with Crippen LogP contribution in [-0.2, 0) is 18.0 Å². The molecule has 1 heterocycles. The van der Waals surface area contributed by atoms with Gasteiger partial charge in [0.25, 0.3) is 0 Å². The maximum absolute atomic E-state index is 5.71. The van der Waals surface area contributed by atoms with Crippen molar-refractivity contribution < 1.29 is 4.74 Å². The van der Waals surface area contributed by atoms with Gasteiger partial charge in [-0.15, -0.1) is 11.3 Å². The van der Waals surface area contributed by atoms with Crippen LogP contribution in [0.15, 0.2) is 36.4 Å². The first-order chi connectivity index (χ1) is 7.75. The van der Waals surface area contributed by atoms with Crippen LogP contribution in [0.2, 0.25) is 0 Å². The smallest absolute Gasteiger partial charge is 0.0732 e. The molecule has 0 amide bonds. The molecule has 2 aromatic rings. The summed E-state index contributed by atoms with van der Waals surface area (Å²) in [5.74, 6) is 0. The molecule has 0 atom stereocenters. The number of ether oxygens (including phenoxy) is 1. The summed E-state index contributed by atoms with van der Waals surface area (Å²) in [7, 11) is 0. The van der Waals surface area contributed by atoms with Crippen LogP contribution in [0.5, 0.6) is 0 Å². The molecule has 0 aliphatic heterocycles. The Morgan fingerprint density at radius 2 is 1.81 bits per heavy atom. The van der Waals surface area contributed by atoms with Crippen molar-refractivity contribution >= 4 is 11.3 Å². The summed E-state index contributed by atoms with van der Waals surface area (Å²) < 4.78 is 5.71. The Kier molecular flexibility index (Phi) is 3.75. The lowest BCUT2D eigenvalue weighted by atomic mass is 10.2. The Bertz CT molecular complexity index is 445. The van der Waals surface area contributed by atoms with Crippen LogP contribution < -0.4 is 0 Å². The van der Waals surface area contributed by atoms with Crippen molar-refractivity contribution in [3.63, 3.8) is 0 Å². The minimum Gasteiger partial charge on any atom is -0.372 e. The Balaban J connectivity index is 1.87. The molecule has 0 bridgehead atoms. The van der Waals surface area contributed by atoms with Gasteiger partial charge in [0.1, 0.15) is 0 Å². The third-order valence-electron chi connectivity index (χ3n) is 2.51. The van der Waals surface area contributed by atoms with E-state index in [1.54, 1.807) is 0 Å². The van der Waals surface area contributed by atoms with Crippen molar-refractivity contribution in [3.8, 4) is 0 Å². The number of benzene rings is 1. The molecule has 16 heavy (non-hydrogen) atoms. The lowest BCUT2D eigenvalue weighted by molar-refractivity contribution is 0.107. The molecule has 2 rings (SSSR count). The second kappa shape index (κ2) is 5.28. The molecule has 1 nitrogen and oxygen atoms in total. The third-order valence-corrected chi connectivity index (χ3v) is 3.52. The number of thiophene rings is 1. The standard InChI is InChI=1S/C14H16OS/c1-11-8-14(12(2)16-11)10-15-9-13-6-4-3-5-7-13/h3-8H,9-10H2,1-2H3. The van der Waals surface area contributed by atoms with Gasteiger partial charge in [-0.1, -0.05) is 30.3 Å². The van der Waals surface area contributed by atoms with Gasteiger partial charge in [-0.25, -0.2) is 0 Å². The van der Waals surface area contributed by atoms with E-state index in [0.29, 0.717) is 13.2 Å². The molecule has 0 unspecified atom stereocenters. The van der Waals surface area contributed by atoms with Crippen LogP contribution in [0.4, 0.5) is 0 Å². The molecule has 0 radical (unpaired) electrons. The van der Waals surface area contributed by atoms with E-state index in [2.05, 4.69) is 32.0 Å². The quantitative estimate of drug-likeness (QED) is 0.771. The molecule has 1 aromatic carbocycles. The van der Waals surface area contributed by atoms with E-state index in [1.807, 2.05) is 29.5 Å². The van der Waals surface area contributed by atoms with Gasteiger partial charge in [0, 0.05) is 9.75 Å². The summed E-state index contributed by atoms with van der Waals surface area (Å²) in [5.41, 5.74) is 2.55. The first-order valence-electron chi connectivity index (χ1n) is 5.43. The molecule has 0 aliphatic carbocycles. The van der Waals surface area contributed by atoms with Crippen LogP contribution in [0.25, 0.3) is 0 Å². The predicted molar refractivity (Wildman–Crippen MR) is 68.7 cm³/mol. The molecule has 0 spiro atoms. The average Bonchev–Trinajstić information content (AvgIpc) is 2.59. The first-order valence-corrected chi connectivity index (χ1v) is 6.25. The van der Waals surface area contributed by atoms with Crippen LogP contribution in [-0.4, -0.2) is 0 Å². The topological polar surface area (TPSA) is 9.23 Å². The van der Waals surface area contributed by atoms with Gasteiger partial charge in [0.05, 0.1) is 13.2 Å². The highest BCUT2D eigenvalue weighted by Gasteiger charge is 2.02. The van der Waals surface area contributed by atoms with E-state index < -0.39 is 0 Å². The molecule has 0 fully saturated rings. The second-order valence-electron chi connectivity index (χ2n) is 3.92. The fourth-order valence-electron chi connectivity index (χ4n) is 1.68. The van der Waals surface area contributed by atoms with E-state index >= 15 is 0 Å². The van der Waals surface area contributed by atoms with Crippen molar-refractivity contribution in [3.05, 3.63) is 57.3 Å². The zero-order valence-corrected chi connectivity index (χ0v) is 10.5. The Hall–Kier alpha value is -1.12. The van der Waals surface area contributed by atoms with Gasteiger partial charge < -0.3 is 4.74 Å². The van der Waals surface area contributed by atoms with Gasteiger partial charge in [0.15, 0.2) is 0 Å². The summed E-state index contributed by atoms with van der Waals surface area (Å²) >= 11 is 1.84. The monoisotopic (exact) mass is 232 g/mol. The highest BCUT2D eigenvalue weighted by atomic mass is 32.1. The number of hydrogen-bond donors (Lipinski definition) is 0. The van der Waals surface area contributed by atoms with Gasteiger partial charge in [-0.3, -0.25) is 0 Å². The first kappa shape index (κ1) is 11.4. The van der Waals surface area contributed by atoms with Crippen LogP contribution in [0, 0.1) is 13.8 Å². The van der Waals surface area contributed by atoms with Gasteiger partial charge in [0.2, 0.25) is 0 Å². The van der Waals surface area contributed by atoms with Crippen molar-refractivity contribution in [1.82, 2.24) is 0 Å². The normalized spacial score (nSPS) is 10.6. The number of hydrogen-bond acceptors (Lipinski definition) is 2. The summed E-state index contributed by atoms with van der Waals surface area (Å²) in [6.45, 7) is 5.69. The fraction of sp³-hybridized carbons (Fsp3) is 0.286. The highest BCUT2D eigenvalue weighted by Crippen LogP contribution is 2.21. The Labute approximate surface area is 101 Å². The zero-order valence-electron chi connectivity index (χ0n) is 9.69. The Morgan fingerprint density at radius 1 is 1.06 bits per heavy atom. The number of aryl methyl sites for hydroxylation is 2. The van der Waals surface area contributed by atoms with Crippen molar-refractivity contribution in [2.45, 2.75) is 27.1 Å². The predicted octanol–water partition coefficient (Wildman–Crippen LogP) is 4.08. The van der Waals surface area contributed by atoms with Crippen LogP contribution >= 0.6 is 11.3 Å². The largest absolute Gasteiger partial charge is 0.372 e. The molecular weight excluding hydrogens is 216 g/mol. The van der Waals surface area contributed by atoms with Gasteiger partial charge in [-0.05, 0) is 31.0 Å². The Morgan fingerprint density at radius 3 is 2.44 bits per heavy atom. The maximum Gasteiger partial charge on any atom is 0.0732 e. The van der Waals surface area contributed by atoms with E-state index in [4.69, 9.17) is 4.74 Å². The minimum absolute atomic E-state index is 0.690. The third kappa shape index (κ3) is 2.94. The minimum atomic E-state index is 0.690. The second-order valence-corrected chi connectivity index (χ2v) is 5.38. The van der Waals surface area contributed by atoms with E-state index in [-0.39, 0.29) is 0 Å². The molecule has 0 saturated heterocycles. The fourth-order valence-corrected chi connectivity index (χ4v) is 2.61. The molecule has 0 aliphatic rings. The van der Waals surface area contributed by atoms with Crippen molar-refractivity contribution in [2.24, 2.45) is 0 Å². The number of rotatable bonds is 4. The summed E-state index contributed by atoms with van der Waals surface area (Å²) in [6, 6.07) is 12.5. The summed E-state index contributed by atoms with van der Waals surface area (Å²) in [4.78, 5) is 2.72. The molecule has 0 saturated carbocycles. The molecule has 1 aromatic heterocycles. The van der Waals surface area contributed by atoms with E-state index in [9.17, 15) is 0 Å². The van der Waals surface area contributed by atoms with Crippen molar-refractivity contribution in [2.75, 3.05) is 0 Å². The van der Waals surface area contributed by atoms with Crippen molar-refractivity contribution in [1.29, 1.82) is 0 Å². The van der Waals surface area contributed by atoms with E-state index in [0.717, 1.165) is 0 Å². The molecule has 84 valence electrons. The van der Waals surface area contributed by atoms with E-state index in [1.165, 1.54) is 20.9 Å². The lowest BCUT2D eigenvalue weighted by Crippen LogP contribution is -1.93. The molecule has 0 N–H and O–H groups in total.